The van der Waals surface area contributed by atoms with Crippen molar-refractivity contribution in [1.29, 1.82) is 0 Å². The number of hydrogen-bond donors (Lipinski definition) is 1. The Morgan fingerprint density at radius 2 is 1.67 bits per heavy atom. The lowest BCUT2D eigenvalue weighted by Gasteiger charge is -2.46. The van der Waals surface area contributed by atoms with E-state index >= 15 is 0 Å². The lowest BCUT2D eigenvalue weighted by atomic mass is 9.72. The molecule has 5 heteroatoms. The molecular formula is C22H35NO4. The normalized spacial score (nSPS) is 45.7. The molecule has 6 unspecified atom stereocenters. The van der Waals surface area contributed by atoms with Crippen LogP contribution in [0.2, 0.25) is 0 Å². The highest BCUT2D eigenvalue weighted by Crippen LogP contribution is 2.52. The van der Waals surface area contributed by atoms with Gasteiger partial charge in [-0.05, 0) is 44.4 Å². The van der Waals surface area contributed by atoms with Crippen LogP contribution in [0, 0.1) is 17.8 Å². The van der Waals surface area contributed by atoms with E-state index in [-0.39, 0.29) is 36.0 Å². The molecule has 6 atom stereocenters. The van der Waals surface area contributed by atoms with E-state index in [0.29, 0.717) is 12.7 Å². The number of fused-ring (bicyclic) bond motifs is 2. The molecule has 5 fully saturated rings. The maximum atomic E-state index is 13.5. The number of nitrogens with zero attached hydrogens (tertiary/aromatic N) is 1. The van der Waals surface area contributed by atoms with Crippen LogP contribution in [0.25, 0.3) is 0 Å². The molecule has 2 heterocycles. The van der Waals surface area contributed by atoms with Crippen LogP contribution in [-0.2, 0) is 14.3 Å². The third kappa shape index (κ3) is 3.14. The Bertz CT molecular complexity index is 563. The highest BCUT2D eigenvalue weighted by atomic mass is 16.7. The van der Waals surface area contributed by atoms with Crippen LogP contribution in [0.4, 0.5) is 0 Å². The Morgan fingerprint density at radius 1 is 0.926 bits per heavy atom. The summed E-state index contributed by atoms with van der Waals surface area (Å²) >= 11 is 0. The second-order valence-electron chi connectivity index (χ2n) is 9.79. The molecule has 2 aliphatic heterocycles. The van der Waals surface area contributed by atoms with Crippen molar-refractivity contribution in [1.82, 2.24) is 4.90 Å². The molecule has 1 N–H and O–H groups in total. The quantitative estimate of drug-likeness (QED) is 0.817. The van der Waals surface area contributed by atoms with E-state index in [4.69, 9.17) is 9.47 Å². The minimum Gasteiger partial charge on any atom is -0.370 e. The first-order chi connectivity index (χ1) is 13.2. The number of aliphatic hydroxyl groups is 1. The number of hydrogen-bond acceptors (Lipinski definition) is 4. The van der Waals surface area contributed by atoms with Gasteiger partial charge in [0.15, 0.2) is 0 Å². The first-order valence-electron chi connectivity index (χ1n) is 11.5. The van der Waals surface area contributed by atoms with Crippen LogP contribution < -0.4 is 0 Å². The predicted octanol–water partition coefficient (Wildman–Crippen LogP) is 3.59. The molecule has 0 aromatic heterocycles. The summed E-state index contributed by atoms with van der Waals surface area (Å²) in [7, 11) is 0. The topological polar surface area (TPSA) is 59.0 Å². The summed E-state index contributed by atoms with van der Waals surface area (Å²) in [6, 6.07) is 0.111. The predicted molar refractivity (Wildman–Crippen MR) is 101 cm³/mol. The Balaban J connectivity index is 1.41. The maximum absolute atomic E-state index is 13.5. The molecule has 27 heavy (non-hydrogen) atoms. The first-order valence-corrected chi connectivity index (χ1v) is 11.5. The van der Waals surface area contributed by atoms with Gasteiger partial charge in [0, 0.05) is 17.9 Å². The third-order valence-electron chi connectivity index (χ3n) is 8.28. The minimum absolute atomic E-state index is 0.0470. The second-order valence-corrected chi connectivity index (χ2v) is 9.79. The summed E-state index contributed by atoms with van der Waals surface area (Å²) in [5.74, 6) is 0.993. The Hall–Kier alpha value is -0.650. The summed E-state index contributed by atoms with van der Waals surface area (Å²) < 4.78 is 11.5. The molecule has 5 nitrogen and oxygen atoms in total. The van der Waals surface area contributed by atoms with Crippen LogP contribution >= 0.6 is 0 Å². The zero-order valence-corrected chi connectivity index (χ0v) is 16.5. The van der Waals surface area contributed by atoms with E-state index in [0.717, 1.165) is 51.4 Å². The van der Waals surface area contributed by atoms with Gasteiger partial charge in [0.1, 0.15) is 12.5 Å². The van der Waals surface area contributed by atoms with Gasteiger partial charge < -0.3 is 19.5 Å². The van der Waals surface area contributed by atoms with Gasteiger partial charge in [-0.25, -0.2) is 0 Å². The maximum Gasteiger partial charge on any atom is 0.228 e. The second kappa shape index (κ2) is 7.31. The molecule has 0 aromatic carbocycles. The van der Waals surface area contributed by atoms with Crippen molar-refractivity contribution < 1.29 is 19.4 Å². The van der Waals surface area contributed by atoms with Crippen molar-refractivity contribution in [3.05, 3.63) is 0 Å². The highest BCUT2D eigenvalue weighted by molar-refractivity contribution is 5.83. The van der Waals surface area contributed by atoms with E-state index in [1.165, 1.54) is 32.1 Å². The van der Waals surface area contributed by atoms with Gasteiger partial charge in [-0.15, -0.1) is 0 Å². The Labute approximate surface area is 162 Å². The van der Waals surface area contributed by atoms with Gasteiger partial charge in [-0.1, -0.05) is 44.9 Å². The van der Waals surface area contributed by atoms with Crippen LogP contribution in [0.5, 0.6) is 0 Å². The summed E-state index contributed by atoms with van der Waals surface area (Å²) in [6.45, 7) is 0.383. The van der Waals surface area contributed by atoms with Crippen LogP contribution in [0.1, 0.15) is 83.5 Å². The molecule has 3 saturated carbocycles. The lowest BCUT2D eigenvalue weighted by molar-refractivity contribution is -0.172. The van der Waals surface area contributed by atoms with E-state index < -0.39 is 5.72 Å². The average Bonchev–Trinajstić information content (AvgIpc) is 3.24. The largest absolute Gasteiger partial charge is 0.370 e. The molecule has 5 rings (SSSR count). The molecule has 3 aliphatic carbocycles. The molecule has 0 bridgehead atoms. The monoisotopic (exact) mass is 377 g/mol. The van der Waals surface area contributed by atoms with Gasteiger partial charge >= 0.3 is 0 Å². The van der Waals surface area contributed by atoms with Crippen LogP contribution in [0.15, 0.2) is 0 Å². The van der Waals surface area contributed by atoms with Gasteiger partial charge in [0.05, 0.1) is 12.2 Å². The molecule has 2 saturated heterocycles. The third-order valence-corrected chi connectivity index (χ3v) is 8.28. The van der Waals surface area contributed by atoms with Crippen molar-refractivity contribution in [2.24, 2.45) is 17.8 Å². The molecule has 0 radical (unpaired) electrons. The molecule has 0 spiro atoms. The summed E-state index contributed by atoms with van der Waals surface area (Å²) in [5.41, 5.74) is -0.929. The van der Waals surface area contributed by atoms with Gasteiger partial charge in [0.25, 0.3) is 0 Å². The number of ether oxygens (including phenoxy) is 2. The zero-order chi connectivity index (χ0) is 18.4. The van der Waals surface area contributed by atoms with Crippen molar-refractivity contribution in [3.8, 4) is 0 Å². The summed E-state index contributed by atoms with van der Waals surface area (Å²) in [6.07, 6.45) is 14.3. The SMILES string of the molecule is O=C1C2CCCCC2C(O)(CC2CCCCC2)N1C1CCC2OCOC2C1. The average molecular weight is 378 g/mol. The fraction of sp³-hybridized carbons (Fsp3) is 0.955. The number of amides is 1. The van der Waals surface area contributed by atoms with E-state index in [2.05, 4.69) is 0 Å². The van der Waals surface area contributed by atoms with E-state index in [1.807, 2.05) is 4.90 Å². The fourth-order valence-corrected chi connectivity index (χ4v) is 6.98. The standard InChI is InChI=1S/C22H35NO4/c24-21-17-8-4-5-9-18(17)22(25,13-15-6-2-1-3-7-15)23(21)16-10-11-19-20(12-16)27-14-26-19/h15-20,25H,1-14H2. The van der Waals surface area contributed by atoms with E-state index in [1.54, 1.807) is 0 Å². The van der Waals surface area contributed by atoms with Crippen molar-refractivity contribution in [3.63, 3.8) is 0 Å². The zero-order valence-electron chi connectivity index (χ0n) is 16.5. The van der Waals surface area contributed by atoms with Crippen molar-refractivity contribution >= 4 is 5.91 Å². The number of likely N-dealkylation sites (tertiary alicyclic amines) is 1. The van der Waals surface area contributed by atoms with Gasteiger partial charge in [-0.2, -0.15) is 0 Å². The lowest BCUT2D eigenvalue weighted by Crippen LogP contribution is -2.57. The molecular weight excluding hydrogens is 342 g/mol. The Kier molecular flexibility index (Phi) is 4.98. The molecule has 1 amide bonds. The van der Waals surface area contributed by atoms with E-state index in [9.17, 15) is 9.90 Å². The van der Waals surface area contributed by atoms with Gasteiger partial charge in [-0.3, -0.25) is 4.79 Å². The highest BCUT2D eigenvalue weighted by Gasteiger charge is 2.60. The minimum atomic E-state index is -0.929. The van der Waals surface area contributed by atoms with Gasteiger partial charge in [0.2, 0.25) is 5.91 Å². The molecule has 0 aromatic rings. The number of carbonyl (C=O) groups excluding carboxylic acids is 1. The van der Waals surface area contributed by atoms with Crippen molar-refractivity contribution in [2.75, 3.05) is 6.79 Å². The van der Waals surface area contributed by atoms with Crippen LogP contribution in [0.3, 0.4) is 0 Å². The fourth-order valence-electron chi connectivity index (χ4n) is 6.98. The smallest absolute Gasteiger partial charge is 0.228 e. The molecule has 5 aliphatic rings. The van der Waals surface area contributed by atoms with Crippen LogP contribution in [-0.4, -0.2) is 46.7 Å². The van der Waals surface area contributed by atoms with Crippen molar-refractivity contribution in [2.45, 2.75) is 107 Å². The summed E-state index contributed by atoms with van der Waals surface area (Å²) in [5, 5.41) is 12.1. The Morgan fingerprint density at radius 3 is 2.52 bits per heavy atom. The molecule has 152 valence electrons. The summed E-state index contributed by atoms with van der Waals surface area (Å²) in [4.78, 5) is 15.5. The number of carbonyl (C=O) groups is 1. The number of rotatable bonds is 3. The first kappa shape index (κ1) is 18.4.